The summed E-state index contributed by atoms with van der Waals surface area (Å²) in [7, 11) is 3.20. The first-order valence-corrected chi connectivity index (χ1v) is 8.83. The molecule has 0 aliphatic carbocycles. The van der Waals surface area contributed by atoms with Crippen molar-refractivity contribution in [3.05, 3.63) is 65.1 Å². The van der Waals surface area contributed by atoms with Crippen molar-refractivity contribution in [2.45, 2.75) is 12.3 Å². The summed E-state index contributed by atoms with van der Waals surface area (Å²) in [4.78, 5) is 17.0. The molecule has 2 aromatic carbocycles. The normalized spacial score (nSPS) is 15.8. The number of aromatic nitrogens is 2. The Morgan fingerprint density at radius 1 is 1.19 bits per heavy atom. The number of nitrogens with one attached hydrogen (secondary N) is 1. The molecule has 1 aromatic heterocycles. The number of carbonyl (C=O) groups is 1. The van der Waals surface area contributed by atoms with E-state index in [0.717, 1.165) is 16.9 Å². The molecule has 1 aliphatic heterocycles. The summed E-state index contributed by atoms with van der Waals surface area (Å²) in [5.41, 5.74) is 2.49. The number of carbonyl (C=O) groups excluding carboxylic acids is 1. The SMILES string of the molecule is COc1ccc(OC)c(-n2cnc3c2NC(=O)CC3c2cccc(Cl)c2)c1. The zero-order valence-electron chi connectivity index (χ0n) is 14.9. The number of hydrogen-bond donors (Lipinski definition) is 1. The van der Waals surface area contributed by atoms with Gasteiger partial charge in [0.05, 0.1) is 25.6 Å². The lowest BCUT2D eigenvalue weighted by molar-refractivity contribution is -0.116. The van der Waals surface area contributed by atoms with E-state index in [1.807, 2.05) is 47.0 Å². The van der Waals surface area contributed by atoms with Crippen molar-refractivity contribution in [3.8, 4) is 17.2 Å². The van der Waals surface area contributed by atoms with Crippen LogP contribution in [0.25, 0.3) is 5.69 Å². The Hall–Kier alpha value is -2.99. The van der Waals surface area contributed by atoms with E-state index in [-0.39, 0.29) is 11.8 Å². The van der Waals surface area contributed by atoms with Gasteiger partial charge in [0.1, 0.15) is 23.6 Å². The summed E-state index contributed by atoms with van der Waals surface area (Å²) < 4.78 is 12.6. The molecule has 1 aliphatic rings. The molecule has 1 N–H and O–H groups in total. The van der Waals surface area contributed by atoms with Gasteiger partial charge in [-0.2, -0.15) is 0 Å². The fraction of sp³-hybridized carbons (Fsp3) is 0.200. The Labute approximate surface area is 161 Å². The van der Waals surface area contributed by atoms with Crippen LogP contribution in [-0.2, 0) is 4.79 Å². The molecule has 3 aromatic rings. The molecule has 0 saturated heterocycles. The smallest absolute Gasteiger partial charge is 0.226 e. The van der Waals surface area contributed by atoms with Gasteiger partial charge >= 0.3 is 0 Å². The highest BCUT2D eigenvalue weighted by molar-refractivity contribution is 6.30. The molecular weight excluding hydrogens is 366 g/mol. The third-order valence-corrected chi connectivity index (χ3v) is 4.90. The molecule has 0 saturated carbocycles. The van der Waals surface area contributed by atoms with Crippen molar-refractivity contribution in [1.29, 1.82) is 0 Å². The van der Waals surface area contributed by atoms with Crippen LogP contribution in [0.1, 0.15) is 23.6 Å². The molecular formula is C20H18ClN3O3. The van der Waals surface area contributed by atoms with Crippen LogP contribution in [0.2, 0.25) is 5.02 Å². The third-order valence-electron chi connectivity index (χ3n) is 4.67. The molecule has 0 bridgehead atoms. The minimum absolute atomic E-state index is 0.0731. The molecule has 4 rings (SSSR count). The quantitative estimate of drug-likeness (QED) is 0.739. The number of halogens is 1. The van der Waals surface area contributed by atoms with Gasteiger partial charge < -0.3 is 14.8 Å². The van der Waals surface area contributed by atoms with E-state index in [9.17, 15) is 4.79 Å². The van der Waals surface area contributed by atoms with Crippen LogP contribution in [0, 0.1) is 0 Å². The van der Waals surface area contributed by atoms with E-state index in [0.29, 0.717) is 28.8 Å². The van der Waals surface area contributed by atoms with Gasteiger partial charge in [-0.3, -0.25) is 9.36 Å². The minimum atomic E-state index is -0.162. The molecule has 0 fully saturated rings. The number of methoxy groups -OCH3 is 2. The first kappa shape index (κ1) is 17.4. The minimum Gasteiger partial charge on any atom is -0.497 e. The fourth-order valence-corrected chi connectivity index (χ4v) is 3.57. The second-order valence-corrected chi connectivity index (χ2v) is 6.68. The van der Waals surface area contributed by atoms with Crippen LogP contribution in [0.5, 0.6) is 11.5 Å². The second kappa shape index (κ2) is 6.96. The highest BCUT2D eigenvalue weighted by Gasteiger charge is 2.31. The van der Waals surface area contributed by atoms with Crippen molar-refractivity contribution in [2.24, 2.45) is 0 Å². The molecule has 2 heterocycles. The van der Waals surface area contributed by atoms with E-state index in [1.54, 1.807) is 20.5 Å². The molecule has 138 valence electrons. The lowest BCUT2D eigenvalue weighted by Gasteiger charge is -2.24. The van der Waals surface area contributed by atoms with Crippen LogP contribution >= 0.6 is 11.6 Å². The highest BCUT2D eigenvalue weighted by atomic mass is 35.5. The summed E-state index contributed by atoms with van der Waals surface area (Å²) in [6, 6.07) is 13.0. The van der Waals surface area contributed by atoms with Crippen molar-refractivity contribution >= 4 is 23.3 Å². The predicted molar refractivity (Wildman–Crippen MR) is 103 cm³/mol. The third kappa shape index (κ3) is 3.13. The average molecular weight is 384 g/mol. The van der Waals surface area contributed by atoms with Crippen molar-refractivity contribution in [1.82, 2.24) is 9.55 Å². The zero-order valence-corrected chi connectivity index (χ0v) is 15.7. The summed E-state index contributed by atoms with van der Waals surface area (Å²) in [6.45, 7) is 0. The molecule has 1 amide bonds. The number of benzene rings is 2. The molecule has 1 unspecified atom stereocenters. The standard InChI is InChI=1S/C20H18ClN3O3/c1-26-14-6-7-17(27-2)16(9-14)24-11-22-19-15(10-18(25)23-20(19)24)12-4-3-5-13(21)8-12/h3-9,11,15H,10H2,1-2H3,(H,23,25). The summed E-state index contributed by atoms with van der Waals surface area (Å²) >= 11 is 6.15. The molecule has 0 radical (unpaired) electrons. The zero-order chi connectivity index (χ0) is 19.0. The lowest BCUT2D eigenvalue weighted by Crippen LogP contribution is -2.25. The number of ether oxygens (including phenoxy) is 2. The van der Waals surface area contributed by atoms with E-state index in [1.165, 1.54) is 0 Å². The fourth-order valence-electron chi connectivity index (χ4n) is 3.37. The van der Waals surface area contributed by atoms with Gasteiger partial charge in [0.25, 0.3) is 0 Å². The Bertz CT molecular complexity index is 1020. The van der Waals surface area contributed by atoms with Crippen molar-refractivity contribution in [2.75, 3.05) is 19.5 Å². The van der Waals surface area contributed by atoms with Gasteiger partial charge in [0, 0.05) is 23.4 Å². The van der Waals surface area contributed by atoms with Crippen molar-refractivity contribution < 1.29 is 14.3 Å². The van der Waals surface area contributed by atoms with E-state index in [4.69, 9.17) is 21.1 Å². The number of fused-ring (bicyclic) bond motifs is 1. The summed E-state index contributed by atoms with van der Waals surface area (Å²) in [5, 5.41) is 3.58. The van der Waals surface area contributed by atoms with Gasteiger partial charge in [-0.15, -0.1) is 0 Å². The Balaban J connectivity index is 1.85. The summed E-state index contributed by atoms with van der Waals surface area (Å²) in [6.07, 6.45) is 2.00. The molecule has 27 heavy (non-hydrogen) atoms. The highest BCUT2D eigenvalue weighted by Crippen LogP contribution is 2.39. The summed E-state index contributed by atoms with van der Waals surface area (Å²) in [5.74, 6) is 1.72. The maximum atomic E-state index is 12.4. The van der Waals surface area contributed by atoms with Crippen LogP contribution in [0.3, 0.4) is 0 Å². The number of anilines is 1. The largest absolute Gasteiger partial charge is 0.497 e. The number of hydrogen-bond acceptors (Lipinski definition) is 4. The second-order valence-electron chi connectivity index (χ2n) is 6.25. The number of rotatable bonds is 4. The molecule has 1 atom stereocenters. The van der Waals surface area contributed by atoms with Crippen LogP contribution < -0.4 is 14.8 Å². The molecule has 0 spiro atoms. The van der Waals surface area contributed by atoms with Crippen LogP contribution in [-0.4, -0.2) is 29.7 Å². The Morgan fingerprint density at radius 3 is 2.78 bits per heavy atom. The van der Waals surface area contributed by atoms with Crippen molar-refractivity contribution in [3.63, 3.8) is 0 Å². The first-order valence-electron chi connectivity index (χ1n) is 8.45. The lowest BCUT2D eigenvalue weighted by atomic mass is 9.90. The predicted octanol–water partition coefficient (Wildman–Crippen LogP) is 4.02. The van der Waals surface area contributed by atoms with Gasteiger partial charge in [0.2, 0.25) is 5.91 Å². The monoisotopic (exact) mass is 383 g/mol. The van der Waals surface area contributed by atoms with E-state index < -0.39 is 0 Å². The molecule has 6 nitrogen and oxygen atoms in total. The number of nitrogens with zero attached hydrogens (tertiary/aromatic N) is 2. The maximum Gasteiger partial charge on any atom is 0.226 e. The number of imidazole rings is 1. The van der Waals surface area contributed by atoms with Gasteiger partial charge in [-0.1, -0.05) is 23.7 Å². The first-order chi connectivity index (χ1) is 13.1. The number of amides is 1. The van der Waals surface area contributed by atoms with Crippen LogP contribution in [0.4, 0.5) is 5.82 Å². The topological polar surface area (TPSA) is 65.4 Å². The van der Waals surface area contributed by atoms with Gasteiger partial charge in [0.15, 0.2) is 0 Å². The van der Waals surface area contributed by atoms with Gasteiger partial charge in [-0.05, 0) is 29.8 Å². The van der Waals surface area contributed by atoms with Crippen LogP contribution in [0.15, 0.2) is 48.8 Å². The maximum absolute atomic E-state index is 12.4. The Kier molecular flexibility index (Phi) is 4.49. The average Bonchev–Trinajstić information content (AvgIpc) is 3.10. The van der Waals surface area contributed by atoms with Gasteiger partial charge in [-0.25, -0.2) is 4.98 Å². The van der Waals surface area contributed by atoms with E-state index >= 15 is 0 Å². The van der Waals surface area contributed by atoms with E-state index in [2.05, 4.69) is 10.3 Å². The Morgan fingerprint density at radius 2 is 2.04 bits per heavy atom. The molecule has 7 heteroatoms.